The molecule has 12 heavy (non-hydrogen) atoms. The Labute approximate surface area is 71.1 Å². The van der Waals surface area contributed by atoms with E-state index in [1.54, 1.807) is 0 Å². The molecule has 0 radical (unpaired) electrons. The lowest BCUT2D eigenvalue weighted by atomic mass is 9.95. The largest absolute Gasteiger partial charge is 0.378 e. The summed E-state index contributed by atoms with van der Waals surface area (Å²) >= 11 is 0. The Morgan fingerprint density at radius 1 is 1.58 bits per heavy atom. The van der Waals surface area contributed by atoms with Crippen LogP contribution < -0.4 is 5.73 Å². The van der Waals surface area contributed by atoms with Crippen LogP contribution in [0.1, 0.15) is 19.8 Å². The van der Waals surface area contributed by atoms with E-state index in [4.69, 9.17) is 10.5 Å². The summed E-state index contributed by atoms with van der Waals surface area (Å²) in [7, 11) is 0. The molecular formula is C8H15F2NO. The Morgan fingerprint density at radius 3 is 2.67 bits per heavy atom. The molecule has 1 rings (SSSR count). The third-order valence-corrected chi connectivity index (χ3v) is 2.43. The van der Waals surface area contributed by atoms with Gasteiger partial charge in [-0.2, -0.15) is 0 Å². The first-order valence-corrected chi connectivity index (χ1v) is 4.26. The minimum Gasteiger partial charge on any atom is -0.378 e. The minimum atomic E-state index is -2.40. The quantitative estimate of drug-likeness (QED) is 0.710. The molecule has 0 spiro atoms. The maximum atomic E-state index is 12.0. The zero-order valence-corrected chi connectivity index (χ0v) is 7.17. The summed E-state index contributed by atoms with van der Waals surface area (Å²) in [5, 5.41) is 0. The lowest BCUT2D eigenvalue weighted by Gasteiger charge is -2.18. The highest BCUT2D eigenvalue weighted by molar-refractivity contribution is 4.78. The van der Waals surface area contributed by atoms with Crippen LogP contribution in [0.2, 0.25) is 0 Å². The molecule has 1 fully saturated rings. The fraction of sp³-hybridized carbons (Fsp3) is 1.00. The van der Waals surface area contributed by atoms with Crippen molar-refractivity contribution >= 4 is 0 Å². The molecule has 1 saturated heterocycles. The summed E-state index contributed by atoms with van der Waals surface area (Å²) in [4.78, 5) is 0. The van der Waals surface area contributed by atoms with Crippen molar-refractivity contribution in [2.24, 2.45) is 11.7 Å². The molecule has 0 bridgehead atoms. The van der Waals surface area contributed by atoms with Gasteiger partial charge < -0.3 is 10.5 Å². The molecule has 2 nitrogen and oxygen atoms in total. The molecule has 1 aliphatic rings. The summed E-state index contributed by atoms with van der Waals surface area (Å²) < 4.78 is 29.3. The lowest BCUT2D eigenvalue weighted by Crippen LogP contribution is -2.32. The number of ether oxygens (including phenoxy) is 1. The molecule has 0 saturated carbocycles. The highest BCUT2D eigenvalue weighted by atomic mass is 19.3. The topological polar surface area (TPSA) is 35.2 Å². The normalized spacial score (nSPS) is 32.8. The zero-order valence-electron chi connectivity index (χ0n) is 7.17. The summed E-state index contributed by atoms with van der Waals surface area (Å²) in [5.41, 5.74) is 5.25. The maximum absolute atomic E-state index is 12.0. The van der Waals surface area contributed by atoms with Gasteiger partial charge in [0.15, 0.2) is 0 Å². The Bertz CT molecular complexity index is 143. The minimum absolute atomic E-state index is 0.0924. The number of nitrogens with two attached hydrogens (primary N) is 1. The van der Waals surface area contributed by atoms with E-state index >= 15 is 0 Å². The van der Waals surface area contributed by atoms with Crippen molar-refractivity contribution in [3.05, 3.63) is 0 Å². The van der Waals surface area contributed by atoms with Gasteiger partial charge >= 0.3 is 0 Å². The van der Waals surface area contributed by atoms with Crippen LogP contribution in [0, 0.1) is 5.92 Å². The Kier molecular flexibility index (Phi) is 3.40. The van der Waals surface area contributed by atoms with Crippen molar-refractivity contribution in [3.63, 3.8) is 0 Å². The molecule has 1 heterocycles. The third-order valence-electron chi connectivity index (χ3n) is 2.43. The van der Waals surface area contributed by atoms with Crippen LogP contribution in [0.25, 0.3) is 0 Å². The highest BCUT2D eigenvalue weighted by Crippen LogP contribution is 2.25. The van der Waals surface area contributed by atoms with Crippen LogP contribution in [-0.2, 0) is 4.74 Å². The van der Waals surface area contributed by atoms with Crippen LogP contribution in [0.3, 0.4) is 0 Å². The summed E-state index contributed by atoms with van der Waals surface area (Å²) in [6.07, 6.45) is -1.08. The average Bonchev–Trinajstić information content (AvgIpc) is 2.36. The van der Waals surface area contributed by atoms with Crippen molar-refractivity contribution in [2.45, 2.75) is 38.3 Å². The molecule has 0 aromatic rings. The second-order valence-corrected chi connectivity index (χ2v) is 3.36. The molecule has 0 aromatic carbocycles. The smallest absolute Gasteiger partial charge is 0.253 e. The van der Waals surface area contributed by atoms with Gasteiger partial charge in [0.25, 0.3) is 6.43 Å². The van der Waals surface area contributed by atoms with Gasteiger partial charge in [-0.05, 0) is 25.7 Å². The van der Waals surface area contributed by atoms with Gasteiger partial charge in [-0.3, -0.25) is 0 Å². The third kappa shape index (κ3) is 2.38. The van der Waals surface area contributed by atoms with Gasteiger partial charge in [0.05, 0.1) is 12.1 Å². The second kappa shape index (κ2) is 4.14. The van der Waals surface area contributed by atoms with Gasteiger partial charge in [0.1, 0.15) is 0 Å². The maximum Gasteiger partial charge on any atom is 0.253 e. The summed E-state index contributed by atoms with van der Waals surface area (Å²) in [5.74, 6) is 0.217. The van der Waals surface area contributed by atoms with Crippen molar-refractivity contribution in [3.8, 4) is 0 Å². The Hall–Kier alpha value is -0.220. The van der Waals surface area contributed by atoms with Gasteiger partial charge in [0.2, 0.25) is 0 Å². The number of rotatable bonds is 3. The van der Waals surface area contributed by atoms with Crippen molar-refractivity contribution in [1.82, 2.24) is 0 Å². The van der Waals surface area contributed by atoms with Crippen molar-refractivity contribution < 1.29 is 13.5 Å². The standard InChI is InChI=1S/C8H15F2NO/c1-5-6(2-3-12-5)4-7(11)8(9)10/h5-8H,2-4,11H2,1H3. The molecule has 2 N–H and O–H groups in total. The average molecular weight is 179 g/mol. The van der Waals surface area contributed by atoms with Gasteiger partial charge in [-0.15, -0.1) is 0 Å². The predicted molar refractivity (Wildman–Crippen MR) is 42.1 cm³/mol. The van der Waals surface area contributed by atoms with Crippen LogP contribution in [0.15, 0.2) is 0 Å². The molecule has 0 aromatic heterocycles. The van der Waals surface area contributed by atoms with Gasteiger partial charge in [-0.25, -0.2) is 8.78 Å². The van der Waals surface area contributed by atoms with Crippen LogP contribution in [0.4, 0.5) is 8.78 Å². The number of hydrogen-bond acceptors (Lipinski definition) is 2. The van der Waals surface area contributed by atoms with Gasteiger partial charge in [0, 0.05) is 6.61 Å². The summed E-state index contributed by atoms with van der Waals surface area (Å²) in [6.45, 7) is 2.59. The van der Waals surface area contributed by atoms with Crippen LogP contribution in [-0.4, -0.2) is 25.2 Å². The van der Waals surface area contributed by atoms with E-state index in [2.05, 4.69) is 0 Å². The van der Waals surface area contributed by atoms with E-state index in [1.807, 2.05) is 6.92 Å². The molecule has 3 atom stereocenters. The molecule has 0 amide bonds. The lowest BCUT2D eigenvalue weighted by molar-refractivity contribution is 0.0775. The first-order valence-electron chi connectivity index (χ1n) is 4.26. The Balaban J connectivity index is 2.30. The molecule has 1 aliphatic heterocycles. The molecular weight excluding hydrogens is 164 g/mol. The number of hydrogen-bond donors (Lipinski definition) is 1. The predicted octanol–water partition coefficient (Wildman–Crippen LogP) is 1.39. The fourth-order valence-electron chi connectivity index (χ4n) is 1.54. The Morgan fingerprint density at radius 2 is 2.25 bits per heavy atom. The summed E-state index contributed by atoms with van der Waals surface area (Å²) in [6, 6.07) is -0.987. The molecule has 4 heteroatoms. The first-order chi connectivity index (χ1) is 5.61. The van der Waals surface area contributed by atoms with Gasteiger partial charge in [-0.1, -0.05) is 0 Å². The van der Waals surface area contributed by atoms with E-state index in [9.17, 15) is 8.78 Å². The van der Waals surface area contributed by atoms with Crippen LogP contribution >= 0.6 is 0 Å². The van der Waals surface area contributed by atoms with E-state index in [1.165, 1.54) is 0 Å². The van der Waals surface area contributed by atoms with E-state index < -0.39 is 12.5 Å². The molecule has 72 valence electrons. The highest BCUT2D eigenvalue weighted by Gasteiger charge is 2.28. The SMILES string of the molecule is CC1OCCC1CC(N)C(F)F. The van der Waals surface area contributed by atoms with E-state index in [0.717, 1.165) is 6.42 Å². The number of halogens is 2. The van der Waals surface area contributed by atoms with E-state index in [-0.39, 0.29) is 12.0 Å². The van der Waals surface area contributed by atoms with Crippen molar-refractivity contribution in [2.75, 3.05) is 6.61 Å². The number of alkyl halides is 2. The zero-order chi connectivity index (χ0) is 9.14. The van der Waals surface area contributed by atoms with Crippen molar-refractivity contribution in [1.29, 1.82) is 0 Å². The first kappa shape index (κ1) is 9.86. The molecule has 3 unspecified atom stereocenters. The van der Waals surface area contributed by atoms with Crippen LogP contribution in [0.5, 0.6) is 0 Å². The second-order valence-electron chi connectivity index (χ2n) is 3.36. The monoisotopic (exact) mass is 179 g/mol. The molecule has 0 aliphatic carbocycles. The fourth-order valence-corrected chi connectivity index (χ4v) is 1.54. The van der Waals surface area contributed by atoms with E-state index in [0.29, 0.717) is 13.0 Å².